The van der Waals surface area contributed by atoms with E-state index in [0.717, 1.165) is 19.3 Å². The summed E-state index contributed by atoms with van der Waals surface area (Å²) >= 11 is 0. The largest absolute Gasteiger partial charge is 0.394 e. The second-order valence-electron chi connectivity index (χ2n) is 10.1. The van der Waals surface area contributed by atoms with Gasteiger partial charge in [0.2, 0.25) is 12.6 Å². The number of ether oxygens (including phenoxy) is 5. The van der Waals surface area contributed by atoms with E-state index in [2.05, 4.69) is 6.92 Å². The minimum Gasteiger partial charge on any atom is -0.394 e. The lowest BCUT2D eigenvalue weighted by Gasteiger charge is -2.43. The third-order valence-electron chi connectivity index (χ3n) is 6.90. The summed E-state index contributed by atoms with van der Waals surface area (Å²) in [6.45, 7) is 3.27. The maximum atomic E-state index is 10.6. The lowest BCUT2D eigenvalue weighted by molar-refractivity contribution is -0.404. The lowest BCUT2D eigenvalue weighted by atomic mass is 10.0. The third-order valence-corrected chi connectivity index (χ3v) is 6.90. The molecule has 0 amide bonds. The van der Waals surface area contributed by atoms with Crippen LogP contribution >= 0.6 is 0 Å². The van der Waals surface area contributed by atoms with Crippen molar-refractivity contribution < 1.29 is 49.2 Å². The average molecular weight is 523 g/mol. The Hall–Kier alpha value is -0.400. The van der Waals surface area contributed by atoms with Crippen LogP contribution in [0.4, 0.5) is 0 Å². The molecule has 2 saturated heterocycles. The summed E-state index contributed by atoms with van der Waals surface area (Å²) < 4.78 is 27.6. The maximum Gasteiger partial charge on any atom is 0.210 e. The molecule has 0 radical (unpaired) electrons. The van der Waals surface area contributed by atoms with Gasteiger partial charge in [0.25, 0.3) is 0 Å². The first kappa shape index (κ1) is 31.8. The molecule has 9 atom stereocenters. The van der Waals surface area contributed by atoms with Crippen molar-refractivity contribution in [2.45, 2.75) is 153 Å². The van der Waals surface area contributed by atoms with E-state index in [1.165, 1.54) is 57.8 Å². The van der Waals surface area contributed by atoms with E-state index in [1.807, 2.05) is 6.92 Å². The topological polar surface area (TPSA) is 147 Å². The Balaban J connectivity index is 1.64. The highest BCUT2D eigenvalue weighted by Gasteiger charge is 2.44. The third kappa shape index (κ3) is 11.1. The van der Waals surface area contributed by atoms with Crippen molar-refractivity contribution in [3.05, 3.63) is 0 Å². The van der Waals surface area contributed by atoms with Gasteiger partial charge in [-0.1, -0.05) is 77.6 Å². The van der Waals surface area contributed by atoms with Crippen LogP contribution in [0, 0.1) is 0 Å². The molecule has 0 bridgehead atoms. The van der Waals surface area contributed by atoms with Gasteiger partial charge in [-0.25, -0.2) is 0 Å². The maximum absolute atomic E-state index is 10.6. The van der Waals surface area contributed by atoms with Crippen LogP contribution in [-0.2, 0) is 23.7 Å². The summed E-state index contributed by atoms with van der Waals surface area (Å²) in [6.07, 6.45) is 5.86. The van der Waals surface area contributed by atoms with Gasteiger partial charge in [0.05, 0.1) is 25.4 Å². The monoisotopic (exact) mass is 522 g/mol. The van der Waals surface area contributed by atoms with Crippen LogP contribution in [-0.4, -0.2) is 94.4 Å². The highest BCUT2D eigenvalue weighted by molar-refractivity contribution is 4.84. The van der Waals surface area contributed by atoms with Crippen molar-refractivity contribution in [3.8, 4) is 0 Å². The summed E-state index contributed by atoms with van der Waals surface area (Å²) in [5, 5.41) is 49.2. The Morgan fingerprint density at radius 2 is 1.28 bits per heavy atom. The average Bonchev–Trinajstić information content (AvgIpc) is 2.85. The van der Waals surface area contributed by atoms with Gasteiger partial charge < -0.3 is 49.2 Å². The van der Waals surface area contributed by atoms with Gasteiger partial charge >= 0.3 is 0 Å². The summed E-state index contributed by atoms with van der Waals surface area (Å²) in [5.74, 6) is 0. The van der Waals surface area contributed by atoms with E-state index in [4.69, 9.17) is 23.7 Å². The van der Waals surface area contributed by atoms with Crippen LogP contribution in [0.1, 0.15) is 97.3 Å². The highest BCUT2D eigenvalue weighted by Crippen LogP contribution is 2.29. The van der Waals surface area contributed by atoms with E-state index in [1.54, 1.807) is 0 Å². The van der Waals surface area contributed by atoms with E-state index in [9.17, 15) is 25.5 Å². The van der Waals surface area contributed by atoms with E-state index in [0.29, 0.717) is 0 Å². The Morgan fingerprint density at radius 1 is 0.722 bits per heavy atom. The zero-order chi connectivity index (χ0) is 26.3. The van der Waals surface area contributed by atoms with Gasteiger partial charge in [-0.2, -0.15) is 0 Å². The van der Waals surface area contributed by atoms with Gasteiger partial charge in [0.1, 0.15) is 18.3 Å². The second-order valence-corrected chi connectivity index (χ2v) is 10.1. The molecular formula is C26H50O10. The van der Waals surface area contributed by atoms with Crippen LogP contribution < -0.4 is 0 Å². The molecule has 2 aliphatic rings. The fourth-order valence-electron chi connectivity index (χ4n) is 4.68. The molecular weight excluding hydrogens is 472 g/mol. The normalized spacial score (nSPS) is 34.1. The van der Waals surface area contributed by atoms with Crippen LogP contribution in [0.25, 0.3) is 0 Å². The summed E-state index contributed by atoms with van der Waals surface area (Å²) in [6, 6.07) is 0. The van der Waals surface area contributed by atoms with Gasteiger partial charge in [0, 0.05) is 6.42 Å². The predicted molar refractivity (Wildman–Crippen MR) is 132 cm³/mol. The minimum atomic E-state index is -1.60. The molecule has 10 nitrogen and oxygen atoms in total. The molecule has 0 aromatic rings. The molecule has 0 aliphatic carbocycles. The van der Waals surface area contributed by atoms with Crippen LogP contribution in [0.3, 0.4) is 0 Å². The molecule has 36 heavy (non-hydrogen) atoms. The van der Waals surface area contributed by atoms with Crippen molar-refractivity contribution >= 4 is 0 Å². The van der Waals surface area contributed by atoms with Gasteiger partial charge in [-0.15, -0.1) is 0 Å². The molecule has 2 fully saturated rings. The minimum absolute atomic E-state index is 0.0833. The molecule has 0 aromatic carbocycles. The highest BCUT2D eigenvalue weighted by atomic mass is 16.8. The Bertz CT molecular complexity index is 553. The molecule has 0 spiro atoms. The smallest absolute Gasteiger partial charge is 0.210 e. The van der Waals surface area contributed by atoms with E-state index < -0.39 is 56.2 Å². The van der Waals surface area contributed by atoms with Gasteiger partial charge in [-0.3, -0.25) is 0 Å². The number of hydrogen-bond donors (Lipinski definition) is 5. The Kier molecular flexibility index (Phi) is 15.9. The quantitative estimate of drug-likeness (QED) is 0.170. The fraction of sp³-hybridized carbons (Fsp3) is 1.00. The van der Waals surface area contributed by atoms with Crippen molar-refractivity contribution in [3.63, 3.8) is 0 Å². The molecule has 0 saturated carbocycles. The summed E-state index contributed by atoms with van der Waals surface area (Å²) in [5.41, 5.74) is 0. The second kappa shape index (κ2) is 18.0. The Labute approximate surface area is 215 Å². The standard InChI is InChI=1S/C26H50O10/c1-3-4-5-6-7-8-9-10-11-12-13-14-18(2)32-25-19(29)15-20(21(16-27)34-25)33-26-24(31)36-23(30)22(17-28)35-26/h18-31H,3-17H2,1-2H3. The van der Waals surface area contributed by atoms with Crippen LogP contribution in [0.5, 0.6) is 0 Å². The molecule has 2 rings (SSSR count). The van der Waals surface area contributed by atoms with Crippen LogP contribution in [0.15, 0.2) is 0 Å². The van der Waals surface area contributed by atoms with Crippen LogP contribution in [0.2, 0.25) is 0 Å². The van der Waals surface area contributed by atoms with Crippen molar-refractivity contribution in [2.75, 3.05) is 13.2 Å². The van der Waals surface area contributed by atoms with Gasteiger partial charge in [0.15, 0.2) is 12.6 Å². The molecule has 214 valence electrons. The fourth-order valence-corrected chi connectivity index (χ4v) is 4.68. The van der Waals surface area contributed by atoms with Crippen molar-refractivity contribution in [1.82, 2.24) is 0 Å². The number of unbranched alkanes of at least 4 members (excludes halogenated alkanes) is 10. The number of hydrogen-bond acceptors (Lipinski definition) is 10. The zero-order valence-electron chi connectivity index (χ0n) is 22.1. The first-order chi connectivity index (χ1) is 17.4. The summed E-state index contributed by atoms with van der Waals surface area (Å²) in [4.78, 5) is 0. The Morgan fingerprint density at radius 3 is 1.86 bits per heavy atom. The molecule has 0 aromatic heterocycles. The SMILES string of the molecule is CCCCCCCCCCCCCC(C)OC1OC(CO)C(OC2OC(CO)C(O)OC2O)CC1O. The summed E-state index contributed by atoms with van der Waals surface area (Å²) in [7, 11) is 0. The van der Waals surface area contributed by atoms with Crippen molar-refractivity contribution in [1.29, 1.82) is 0 Å². The molecule has 2 heterocycles. The number of aliphatic hydroxyl groups excluding tert-OH is 5. The molecule has 2 aliphatic heterocycles. The zero-order valence-corrected chi connectivity index (χ0v) is 22.1. The van der Waals surface area contributed by atoms with Crippen molar-refractivity contribution in [2.24, 2.45) is 0 Å². The molecule has 5 N–H and O–H groups in total. The van der Waals surface area contributed by atoms with E-state index >= 15 is 0 Å². The number of aliphatic hydroxyl groups is 5. The van der Waals surface area contributed by atoms with E-state index in [-0.39, 0.29) is 19.1 Å². The number of rotatable bonds is 18. The first-order valence-electron chi connectivity index (χ1n) is 13.9. The van der Waals surface area contributed by atoms with Gasteiger partial charge in [-0.05, 0) is 13.3 Å². The predicted octanol–water partition coefficient (Wildman–Crippen LogP) is 2.32. The molecule has 10 heteroatoms. The lowest BCUT2D eigenvalue weighted by Crippen LogP contribution is -2.57. The first-order valence-corrected chi connectivity index (χ1v) is 13.9. The molecule has 9 unspecified atom stereocenters.